The molecular weight excluding hydrogens is 170 g/mol. The van der Waals surface area contributed by atoms with Crippen molar-refractivity contribution in [1.29, 1.82) is 0 Å². The van der Waals surface area contributed by atoms with Crippen molar-refractivity contribution in [2.45, 2.75) is 25.7 Å². The third kappa shape index (κ3) is 2.72. The Morgan fingerprint density at radius 1 is 1.31 bits per heavy atom. The summed E-state index contributed by atoms with van der Waals surface area (Å²) in [5.74, 6) is -0.775. The minimum atomic E-state index is -0.802. The molecule has 1 N–H and O–H groups in total. The molecule has 74 valence electrons. The molecule has 0 heterocycles. The summed E-state index contributed by atoms with van der Waals surface area (Å²) in [6, 6.07) is 0. The lowest BCUT2D eigenvalue weighted by molar-refractivity contribution is -0.139. The highest BCUT2D eigenvalue weighted by Gasteiger charge is 2.46. The maximum Gasteiger partial charge on any atom is 0.303 e. The van der Waals surface area contributed by atoms with Gasteiger partial charge in [0.2, 0.25) is 5.91 Å². The van der Waals surface area contributed by atoms with E-state index in [0.717, 1.165) is 12.8 Å². The average Bonchev–Trinajstić information content (AvgIpc) is 2.67. The second-order valence-electron chi connectivity index (χ2n) is 4.04. The third-order valence-electron chi connectivity index (χ3n) is 2.51. The first-order valence-electron chi connectivity index (χ1n) is 4.37. The monoisotopic (exact) mass is 185 g/mol. The van der Waals surface area contributed by atoms with Crippen molar-refractivity contribution in [1.82, 2.24) is 4.90 Å². The van der Waals surface area contributed by atoms with Gasteiger partial charge >= 0.3 is 5.97 Å². The summed E-state index contributed by atoms with van der Waals surface area (Å²) in [5, 5.41) is 8.62. The molecule has 0 atom stereocenters. The van der Waals surface area contributed by atoms with E-state index in [9.17, 15) is 9.59 Å². The second-order valence-corrected chi connectivity index (χ2v) is 4.04. The van der Waals surface area contributed by atoms with Crippen molar-refractivity contribution in [3.63, 3.8) is 0 Å². The minimum Gasteiger partial charge on any atom is -0.481 e. The Balaban J connectivity index is 2.44. The van der Waals surface area contributed by atoms with E-state index in [1.165, 1.54) is 4.90 Å². The molecule has 13 heavy (non-hydrogen) atoms. The number of hydrogen-bond acceptors (Lipinski definition) is 2. The van der Waals surface area contributed by atoms with Crippen molar-refractivity contribution in [3.05, 3.63) is 0 Å². The lowest BCUT2D eigenvalue weighted by atomic mass is 9.97. The lowest BCUT2D eigenvalue weighted by Gasteiger charge is -2.15. The number of carboxylic acid groups (broad SMARTS) is 1. The molecule has 1 amide bonds. The minimum absolute atomic E-state index is 0.0266. The van der Waals surface area contributed by atoms with Crippen LogP contribution in [-0.4, -0.2) is 36.0 Å². The molecule has 0 bridgehead atoms. The highest BCUT2D eigenvalue weighted by Crippen LogP contribution is 2.51. The molecule has 0 aromatic carbocycles. The topological polar surface area (TPSA) is 57.6 Å². The fraction of sp³-hybridized carbons (Fsp3) is 0.778. The van der Waals surface area contributed by atoms with Crippen LogP contribution in [0.3, 0.4) is 0 Å². The molecule has 4 nitrogen and oxygen atoms in total. The Kier molecular flexibility index (Phi) is 2.59. The molecule has 1 fully saturated rings. The Labute approximate surface area is 77.5 Å². The van der Waals surface area contributed by atoms with Crippen LogP contribution in [0.1, 0.15) is 25.7 Å². The van der Waals surface area contributed by atoms with Crippen LogP contribution >= 0.6 is 0 Å². The van der Waals surface area contributed by atoms with Gasteiger partial charge in [0, 0.05) is 20.5 Å². The quantitative estimate of drug-likeness (QED) is 0.702. The number of rotatable bonds is 4. The van der Waals surface area contributed by atoms with Crippen LogP contribution in [0.15, 0.2) is 0 Å². The van der Waals surface area contributed by atoms with Gasteiger partial charge in [0.25, 0.3) is 0 Å². The van der Waals surface area contributed by atoms with Gasteiger partial charge in [0.05, 0.1) is 6.42 Å². The summed E-state index contributed by atoms with van der Waals surface area (Å²) < 4.78 is 0. The molecule has 0 aromatic heterocycles. The molecule has 0 aliphatic heterocycles. The van der Waals surface area contributed by atoms with Crippen molar-refractivity contribution >= 4 is 11.9 Å². The lowest BCUT2D eigenvalue weighted by Crippen LogP contribution is -2.25. The number of hydrogen-bond donors (Lipinski definition) is 1. The zero-order valence-corrected chi connectivity index (χ0v) is 8.04. The summed E-state index contributed by atoms with van der Waals surface area (Å²) in [7, 11) is 3.39. The van der Waals surface area contributed by atoms with Gasteiger partial charge < -0.3 is 10.0 Å². The van der Waals surface area contributed by atoms with Crippen LogP contribution in [-0.2, 0) is 9.59 Å². The zero-order valence-electron chi connectivity index (χ0n) is 8.04. The largest absolute Gasteiger partial charge is 0.481 e. The molecule has 4 heteroatoms. The number of carbonyl (C=O) groups is 2. The Bertz CT molecular complexity index is 231. The summed E-state index contributed by atoms with van der Waals surface area (Å²) in [5.41, 5.74) is -0.215. The van der Waals surface area contributed by atoms with Gasteiger partial charge in [-0.2, -0.15) is 0 Å². The van der Waals surface area contributed by atoms with Gasteiger partial charge in [0.15, 0.2) is 0 Å². The van der Waals surface area contributed by atoms with E-state index in [-0.39, 0.29) is 17.7 Å². The molecule has 1 aliphatic rings. The van der Waals surface area contributed by atoms with E-state index >= 15 is 0 Å². The fourth-order valence-electron chi connectivity index (χ4n) is 1.39. The maximum atomic E-state index is 11.3. The van der Waals surface area contributed by atoms with E-state index in [1.54, 1.807) is 14.1 Å². The predicted octanol–water partition coefficient (Wildman–Crippen LogP) is 0.720. The van der Waals surface area contributed by atoms with Gasteiger partial charge in [-0.15, -0.1) is 0 Å². The SMILES string of the molecule is CN(C)C(=O)CC1(CC(=O)O)CC1. The Hall–Kier alpha value is -1.06. The standard InChI is InChI=1S/C9H15NO3/c1-10(2)7(11)5-9(3-4-9)6-8(12)13/h3-6H2,1-2H3,(H,12,13). The smallest absolute Gasteiger partial charge is 0.303 e. The summed E-state index contributed by atoms with van der Waals surface area (Å²) in [6.45, 7) is 0. The van der Waals surface area contributed by atoms with Gasteiger partial charge in [-0.3, -0.25) is 9.59 Å². The van der Waals surface area contributed by atoms with Crippen molar-refractivity contribution in [2.75, 3.05) is 14.1 Å². The maximum absolute atomic E-state index is 11.3. The number of carboxylic acids is 1. The highest BCUT2D eigenvalue weighted by molar-refractivity contribution is 5.78. The van der Waals surface area contributed by atoms with Gasteiger partial charge in [-0.05, 0) is 18.3 Å². The summed E-state index contributed by atoms with van der Waals surface area (Å²) in [4.78, 5) is 23.3. The Morgan fingerprint density at radius 2 is 1.85 bits per heavy atom. The first kappa shape index (κ1) is 10.0. The van der Waals surface area contributed by atoms with Crippen LogP contribution in [0.5, 0.6) is 0 Å². The Morgan fingerprint density at radius 3 is 2.15 bits per heavy atom. The first-order valence-corrected chi connectivity index (χ1v) is 4.37. The molecular formula is C9H15NO3. The number of amides is 1. The predicted molar refractivity (Wildman–Crippen MR) is 47.2 cm³/mol. The van der Waals surface area contributed by atoms with Crippen LogP contribution in [0.2, 0.25) is 0 Å². The molecule has 0 spiro atoms. The number of nitrogens with zero attached hydrogens (tertiary/aromatic N) is 1. The van der Waals surface area contributed by atoms with E-state index in [4.69, 9.17) is 5.11 Å². The molecule has 0 radical (unpaired) electrons. The molecule has 0 aromatic rings. The highest BCUT2D eigenvalue weighted by atomic mass is 16.4. The normalized spacial score (nSPS) is 18.0. The van der Waals surface area contributed by atoms with Crippen LogP contribution < -0.4 is 0 Å². The molecule has 1 aliphatic carbocycles. The van der Waals surface area contributed by atoms with Gasteiger partial charge in [-0.25, -0.2) is 0 Å². The summed E-state index contributed by atoms with van der Waals surface area (Å²) >= 11 is 0. The van der Waals surface area contributed by atoms with E-state index in [2.05, 4.69) is 0 Å². The van der Waals surface area contributed by atoms with E-state index < -0.39 is 5.97 Å². The van der Waals surface area contributed by atoms with Gasteiger partial charge in [0.1, 0.15) is 0 Å². The number of carbonyl (C=O) groups excluding carboxylic acids is 1. The number of aliphatic carboxylic acids is 1. The third-order valence-corrected chi connectivity index (χ3v) is 2.51. The van der Waals surface area contributed by atoms with Crippen LogP contribution in [0.25, 0.3) is 0 Å². The molecule has 0 saturated heterocycles. The first-order chi connectivity index (χ1) is 5.95. The van der Waals surface area contributed by atoms with Crippen molar-refractivity contribution in [2.24, 2.45) is 5.41 Å². The van der Waals surface area contributed by atoms with E-state index in [0.29, 0.717) is 6.42 Å². The van der Waals surface area contributed by atoms with Crippen molar-refractivity contribution < 1.29 is 14.7 Å². The van der Waals surface area contributed by atoms with Crippen LogP contribution in [0, 0.1) is 5.41 Å². The molecule has 0 unspecified atom stereocenters. The van der Waals surface area contributed by atoms with Crippen molar-refractivity contribution in [3.8, 4) is 0 Å². The average molecular weight is 185 g/mol. The summed E-state index contributed by atoms with van der Waals surface area (Å²) in [6.07, 6.45) is 2.26. The molecule has 1 saturated carbocycles. The van der Waals surface area contributed by atoms with Crippen LogP contribution in [0.4, 0.5) is 0 Å². The zero-order chi connectivity index (χ0) is 10.1. The van der Waals surface area contributed by atoms with Gasteiger partial charge in [-0.1, -0.05) is 0 Å². The second kappa shape index (κ2) is 3.36. The van der Waals surface area contributed by atoms with E-state index in [1.807, 2.05) is 0 Å². The molecule has 1 rings (SSSR count). The fourth-order valence-corrected chi connectivity index (χ4v) is 1.39.